The van der Waals surface area contributed by atoms with Crippen molar-refractivity contribution in [1.82, 2.24) is 10.3 Å². The van der Waals surface area contributed by atoms with Gasteiger partial charge in [-0.2, -0.15) is 0 Å². The van der Waals surface area contributed by atoms with Crippen molar-refractivity contribution in [1.29, 1.82) is 0 Å². The summed E-state index contributed by atoms with van der Waals surface area (Å²) < 4.78 is 5.32. The van der Waals surface area contributed by atoms with Gasteiger partial charge in [0.05, 0.1) is 12.8 Å². The third-order valence-corrected chi connectivity index (χ3v) is 2.67. The maximum absolute atomic E-state index is 5.32. The standard InChI is InChI=1S/C13H16N2O/c1-9-7-10-5-4-6-12(16-3)13(10)15-11(9)8-14-2/h4-7,14H,8H2,1-3H3. The number of pyridine rings is 1. The van der Waals surface area contributed by atoms with Gasteiger partial charge in [0.15, 0.2) is 0 Å². The third-order valence-electron chi connectivity index (χ3n) is 2.67. The van der Waals surface area contributed by atoms with E-state index in [-0.39, 0.29) is 0 Å². The highest BCUT2D eigenvalue weighted by atomic mass is 16.5. The molecule has 0 fully saturated rings. The van der Waals surface area contributed by atoms with E-state index in [0.29, 0.717) is 0 Å². The Kier molecular flexibility index (Phi) is 3.06. The molecule has 0 bridgehead atoms. The Labute approximate surface area is 95.5 Å². The predicted molar refractivity (Wildman–Crippen MR) is 65.8 cm³/mol. The van der Waals surface area contributed by atoms with E-state index in [1.165, 1.54) is 5.56 Å². The molecule has 0 amide bonds. The van der Waals surface area contributed by atoms with Crippen LogP contribution >= 0.6 is 0 Å². The molecule has 1 aromatic carbocycles. The van der Waals surface area contributed by atoms with E-state index < -0.39 is 0 Å². The third kappa shape index (κ3) is 1.86. The number of ether oxygens (including phenoxy) is 1. The lowest BCUT2D eigenvalue weighted by molar-refractivity contribution is 0.418. The second kappa shape index (κ2) is 4.49. The van der Waals surface area contributed by atoms with Gasteiger partial charge in [-0.25, -0.2) is 4.98 Å². The summed E-state index contributed by atoms with van der Waals surface area (Å²) in [7, 11) is 3.60. The lowest BCUT2D eigenvalue weighted by Crippen LogP contribution is -2.08. The van der Waals surface area contributed by atoms with E-state index in [4.69, 9.17) is 4.74 Å². The largest absolute Gasteiger partial charge is 0.494 e. The fourth-order valence-electron chi connectivity index (χ4n) is 1.83. The average Bonchev–Trinajstić information content (AvgIpc) is 2.29. The fourth-order valence-corrected chi connectivity index (χ4v) is 1.83. The molecule has 0 saturated carbocycles. The van der Waals surface area contributed by atoms with Crippen LogP contribution in [0.25, 0.3) is 10.9 Å². The molecule has 0 aliphatic carbocycles. The van der Waals surface area contributed by atoms with Gasteiger partial charge < -0.3 is 10.1 Å². The van der Waals surface area contributed by atoms with Crippen LogP contribution in [0, 0.1) is 6.92 Å². The zero-order valence-corrected chi connectivity index (χ0v) is 9.87. The van der Waals surface area contributed by atoms with E-state index in [1.54, 1.807) is 7.11 Å². The smallest absolute Gasteiger partial charge is 0.145 e. The van der Waals surface area contributed by atoms with Crippen LogP contribution in [0.4, 0.5) is 0 Å². The Balaban J connectivity index is 2.65. The van der Waals surface area contributed by atoms with Crippen LogP contribution in [0.3, 0.4) is 0 Å². The van der Waals surface area contributed by atoms with Crippen LogP contribution in [0.1, 0.15) is 11.3 Å². The normalized spacial score (nSPS) is 10.7. The molecule has 0 aliphatic heterocycles. The minimum Gasteiger partial charge on any atom is -0.494 e. The average molecular weight is 216 g/mol. The Morgan fingerprint density at radius 1 is 1.38 bits per heavy atom. The van der Waals surface area contributed by atoms with Crippen molar-refractivity contribution in [3.05, 3.63) is 35.5 Å². The first-order valence-electron chi connectivity index (χ1n) is 5.34. The molecule has 84 valence electrons. The molecule has 0 atom stereocenters. The second-order valence-corrected chi connectivity index (χ2v) is 3.81. The maximum Gasteiger partial charge on any atom is 0.145 e. The minimum atomic E-state index is 0.778. The summed E-state index contributed by atoms with van der Waals surface area (Å²) in [4.78, 5) is 4.65. The van der Waals surface area contributed by atoms with E-state index in [0.717, 1.165) is 28.9 Å². The van der Waals surface area contributed by atoms with Gasteiger partial charge >= 0.3 is 0 Å². The molecule has 0 saturated heterocycles. The second-order valence-electron chi connectivity index (χ2n) is 3.81. The molecule has 0 radical (unpaired) electrons. The molecule has 3 heteroatoms. The topological polar surface area (TPSA) is 34.2 Å². The number of nitrogens with zero attached hydrogens (tertiary/aromatic N) is 1. The number of nitrogens with one attached hydrogen (secondary N) is 1. The number of aryl methyl sites for hydroxylation is 1. The molecule has 2 rings (SSSR count). The van der Waals surface area contributed by atoms with Crippen LogP contribution in [-0.2, 0) is 6.54 Å². The molecule has 0 spiro atoms. The van der Waals surface area contributed by atoms with Gasteiger partial charge in [-0.1, -0.05) is 12.1 Å². The van der Waals surface area contributed by atoms with Gasteiger partial charge in [-0.05, 0) is 31.7 Å². The van der Waals surface area contributed by atoms with Crippen molar-refractivity contribution in [2.75, 3.05) is 14.2 Å². The molecule has 3 nitrogen and oxygen atoms in total. The van der Waals surface area contributed by atoms with E-state index >= 15 is 0 Å². The number of hydrogen-bond donors (Lipinski definition) is 1. The fraction of sp³-hybridized carbons (Fsp3) is 0.308. The number of para-hydroxylation sites is 1. The summed E-state index contributed by atoms with van der Waals surface area (Å²) >= 11 is 0. The highest BCUT2D eigenvalue weighted by Crippen LogP contribution is 2.25. The number of hydrogen-bond acceptors (Lipinski definition) is 3. The zero-order chi connectivity index (χ0) is 11.5. The minimum absolute atomic E-state index is 0.778. The van der Waals surface area contributed by atoms with Gasteiger partial charge in [0.1, 0.15) is 11.3 Å². The predicted octanol–water partition coefficient (Wildman–Crippen LogP) is 2.27. The SMILES string of the molecule is CNCc1nc2c(OC)cccc2cc1C. The maximum atomic E-state index is 5.32. The molecule has 1 heterocycles. The van der Waals surface area contributed by atoms with E-state index in [9.17, 15) is 0 Å². The molecule has 16 heavy (non-hydrogen) atoms. The first kappa shape index (κ1) is 10.9. The molecule has 1 N–H and O–H groups in total. The number of fused-ring (bicyclic) bond motifs is 1. The zero-order valence-electron chi connectivity index (χ0n) is 9.87. The van der Waals surface area contributed by atoms with Crippen molar-refractivity contribution in [2.45, 2.75) is 13.5 Å². The lowest BCUT2D eigenvalue weighted by Gasteiger charge is -2.09. The first-order valence-corrected chi connectivity index (χ1v) is 5.34. The van der Waals surface area contributed by atoms with Crippen LogP contribution in [0.2, 0.25) is 0 Å². The number of benzene rings is 1. The number of aromatic nitrogens is 1. The monoisotopic (exact) mass is 216 g/mol. The van der Waals surface area contributed by atoms with Crippen molar-refractivity contribution in [3.63, 3.8) is 0 Å². The lowest BCUT2D eigenvalue weighted by atomic mass is 10.1. The summed E-state index contributed by atoms with van der Waals surface area (Å²) in [5, 5.41) is 4.25. The van der Waals surface area contributed by atoms with Gasteiger partial charge in [-0.15, -0.1) is 0 Å². The Bertz CT molecular complexity index is 509. The summed E-state index contributed by atoms with van der Waals surface area (Å²) in [5.41, 5.74) is 3.20. The molecule has 1 aromatic heterocycles. The Hall–Kier alpha value is -1.61. The number of methoxy groups -OCH3 is 1. The van der Waals surface area contributed by atoms with Crippen molar-refractivity contribution >= 4 is 10.9 Å². The highest BCUT2D eigenvalue weighted by molar-refractivity contribution is 5.85. The van der Waals surface area contributed by atoms with Crippen LogP contribution < -0.4 is 10.1 Å². The first-order chi connectivity index (χ1) is 7.76. The van der Waals surface area contributed by atoms with E-state index in [2.05, 4.69) is 29.4 Å². The van der Waals surface area contributed by atoms with Gasteiger partial charge in [-0.3, -0.25) is 0 Å². The van der Waals surface area contributed by atoms with Crippen molar-refractivity contribution in [2.24, 2.45) is 0 Å². The Morgan fingerprint density at radius 2 is 2.19 bits per heavy atom. The Morgan fingerprint density at radius 3 is 2.88 bits per heavy atom. The number of rotatable bonds is 3. The van der Waals surface area contributed by atoms with Crippen LogP contribution in [0.5, 0.6) is 5.75 Å². The van der Waals surface area contributed by atoms with Gasteiger partial charge in [0, 0.05) is 11.9 Å². The quantitative estimate of drug-likeness (QED) is 0.854. The highest BCUT2D eigenvalue weighted by Gasteiger charge is 2.06. The summed E-state index contributed by atoms with van der Waals surface area (Å²) in [6, 6.07) is 8.13. The van der Waals surface area contributed by atoms with Gasteiger partial charge in [0.25, 0.3) is 0 Å². The van der Waals surface area contributed by atoms with Crippen LogP contribution in [-0.4, -0.2) is 19.1 Å². The molecular formula is C13H16N2O. The van der Waals surface area contributed by atoms with Crippen molar-refractivity contribution in [3.8, 4) is 5.75 Å². The molecule has 0 aliphatic rings. The summed E-state index contributed by atoms with van der Waals surface area (Å²) in [6.07, 6.45) is 0. The molecular weight excluding hydrogens is 200 g/mol. The van der Waals surface area contributed by atoms with E-state index in [1.807, 2.05) is 19.2 Å². The van der Waals surface area contributed by atoms with Gasteiger partial charge in [0.2, 0.25) is 0 Å². The molecule has 0 unspecified atom stereocenters. The summed E-state index contributed by atoms with van der Waals surface area (Å²) in [6.45, 7) is 2.86. The summed E-state index contributed by atoms with van der Waals surface area (Å²) in [5.74, 6) is 0.829. The van der Waals surface area contributed by atoms with Crippen molar-refractivity contribution < 1.29 is 4.74 Å². The molecule has 2 aromatic rings. The van der Waals surface area contributed by atoms with Crippen LogP contribution in [0.15, 0.2) is 24.3 Å².